The number of nitrogen functional groups attached to an aromatic ring is 1. The monoisotopic (exact) mass is 302 g/mol. The van der Waals surface area contributed by atoms with E-state index in [1.165, 1.54) is 23.9 Å². The highest BCUT2D eigenvalue weighted by Crippen LogP contribution is 2.19. The van der Waals surface area contributed by atoms with Gasteiger partial charge in [-0.1, -0.05) is 0 Å². The zero-order valence-corrected chi connectivity index (χ0v) is 11.8. The lowest BCUT2D eigenvalue weighted by Gasteiger charge is -2.08. The summed E-state index contributed by atoms with van der Waals surface area (Å²) in [4.78, 5) is 11.6. The van der Waals surface area contributed by atoms with Crippen LogP contribution in [0.5, 0.6) is 0 Å². The summed E-state index contributed by atoms with van der Waals surface area (Å²) in [5, 5.41) is 20.4. The largest absolute Gasteiger partial charge is 0.397 e. The van der Waals surface area contributed by atoms with Crippen molar-refractivity contribution in [1.82, 2.24) is 0 Å². The van der Waals surface area contributed by atoms with Crippen LogP contribution >= 0.6 is 11.8 Å². The summed E-state index contributed by atoms with van der Waals surface area (Å²) in [6.45, 7) is -0.253. The van der Waals surface area contributed by atoms with Gasteiger partial charge in [-0.25, -0.2) is 4.39 Å². The van der Waals surface area contributed by atoms with E-state index in [4.69, 9.17) is 15.9 Å². The molecule has 0 fully saturated rings. The average molecular weight is 302 g/mol. The molecular weight excluding hydrogens is 283 g/mol. The third-order valence-electron chi connectivity index (χ3n) is 2.50. The molecule has 5 N–H and O–H groups in total. The third-order valence-corrected chi connectivity index (χ3v) is 3.70. The van der Waals surface area contributed by atoms with E-state index >= 15 is 0 Å². The fourth-order valence-electron chi connectivity index (χ4n) is 1.47. The molecule has 1 aromatic rings. The Morgan fingerprint density at radius 2 is 2.25 bits per heavy atom. The van der Waals surface area contributed by atoms with Crippen LogP contribution in [0, 0.1) is 5.82 Å². The van der Waals surface area contributed by atoms with Crippen LogP contribution in [-0.4, -0.2) is 40.3 Å². The van der Waals surface area contributed by atoms with Crippen LogP contribution in [0.3, 0.4) is 0 Å². The molecule has 0 saturated heterocycles. The van der Waals surface area contributed by atoms with Crippen LogP contribution in [0.1, 0.15) is 12.8 Å². The molecule has 0 spiro atoms. The topological polar surface area (TPSA) is 95.6 Å². The second-order valence-corrected chi connectivity index (χ2v) is 5.44. The maximum atomic E-state index is 12.8. The number of hydrogen-bond donors (Lipinski definition) is 4. The first-order valence-electron chi connectivity index (χ1n) is 6.24. The first kappa shape index (κ1) is 16.7. The Labute approximate surface area is 121 Å². The maximum Gasteiger partial charge on any atom is 0.224 e. The molecule has 5 nitrogen and oxygen atoms in total. The molecule has 1 atom stereocenters. The molecule has 0 saturated carbocycles. The fourth-order valence-corrected chi connectivity index (χ4v) is 2.36. The fraction of sp³-hybridized carbons (Fsp3) is 0.462. The van der Waals surface area contributed by atoms with E-state index in [1.54, 1.807) is 0 Å². The Morgan fingerprint density at radius 1 is 1.50 bits per heavy atom. The number of anilines is 2. The van der Waals surface area contributed by atoms with Crippen molar-refractivity contribution < 1.29 is 19.4 Å². The number of nitrogens with two attached hydrogens (primary N) is 1. The van der Waals surface area contributed by atoms with Gasteiger partial charge < -0.3 is 21.3 Å². The van der Waals surface area contributed by atoms with Crippen molar-refractivity contribution in [3.63, 3.8) is 0 Å². The highest BCUT2D eigenvalue weighted by molar-refractivity contribution is 7.99. The van der Waals surface area contributed by atoms with Crippen molar-refractivity contribution >= 4 is 29.0 Å². The molecule has 0 aliphatic carbocycles. The number of aliphatic hydroxyl groups excluding tert-OH is 2. The highest BCUT2D eigenvalue weighted by Gasteiger charge is 2.07. The van der Waals surface area contributed by atoms with Crippen molar-refractivity contribution in [2.45, 2.75) is 18.9 Å². The number of carbonyl (C=O) groups is 1. The molecule has 0 aliphatic rings. The highest BCUT2D eigenvalue weighted by atomic mass is 32.2. The summed E-state index contributed by atoms with van der Waals surface area (Å²) in [7, 11) is 0. The van der Waals surface area contributed by atoms with Gasteiger partial charge in [-0.3, -0.25) is 4.79 Å². The smallest absolute Gasteiger partial charge is 0.224 e. The number of thioether (sulfide) groups is 1. The van der Waals surface area contributed by atoms with Gasteiger partial charge in [0.05, 0.1) is 24.1 Å². The minimum Gasteiger partial charge on any atom is -0.397 e. The van der Waals surface area contributed by atoms with Crippen LogP contribution < -0.4 is 11.1 Å². The second-order valence-electron chi connectivity index (χ2n) is 4.29. The van der Waals surface area contributed by atoms with Gasteiger partial charge in [0.2, 0.25) is 5.91 Å². The van der Waals surface area contributed by atoms with Gasteiger partial charge in [-0.2, -0.15) is 11.8 Å². The van der Waals surface area contributed by atoms with E-state index in [9.17, 15) is 9.18 Å². The molecule has 0 heterocycles. The van der Waals surface area contributed by atoms with Gasteiger partial charge in [0.25, 0.3) is 0 Å². The minimum atomic E-state index is -0.715. The molecular formula is C13H19FN2O3S. The lowest BCUT2D eigenvalue weighted by molar-refractivity contribution is -0.116. The molecule has 0 aliphatic heterocycles. The van der Waals surface area contributed by atoms with Crippen LogP contribution in [0.2, 0.25) is 0 Å². The van der Waals surface area contributed by atoms with Crippen molar-refractivity contribution in [3.05, 3.63) is 24.0 Å². The molecule has 20 heavy (non-hydrogen) atoms. The number of rotatable bonds is 8. The third kappa shape index (κ3) is 6.23. The van der Waals surface area contributed by atoms with Crippen LogP contribution in [0.15, 0.2) is 18.2 Å². The van der Waals surface area contributed by atoms with E-state index in [2.05, 4.69) is 5.32 Å². The minimum absolute atomic E-state index is 0.188. The summed E-state index contributed by atoms with van der Waals surface area (Å²) in [6, 6.07) is 3.81. The standard InChI is InChI=1S/C13H19FN2O3S/c14-9-3-4-12(11(15)6-9)16-13(19)2-1-5-20-8-10(18)7-17/h3-4,6,10,17-18H,1-2,5,7-8,15H2,(H,16,19). The number of aliphatic hydroxyl groups is 2. The summed E-state index contributed by atoms with van der Waals surface area (Å²) in [5.41, 5.74) is 6.18. The van der Waals surface area contributed by atoms with Gasteiger partial charge in [0, 0.05) is 12.2 Å². The summed E-state index contributed by atoms with van der Waals surface area (Å²) < 4.78 is 12.8. The number of benzene rings is 1. The zero-order chi connectivity index (χ0) is 15.0. The van der Waals surface area contributed by atoms with Crippen molar-refractivity contribution in [2.24, 2.45) is 0 Å². The summed E-state index contributed by atoms with van der Waals surface area (Å²) in [5.74, 6) is 0.526. The Morgan fingerprint density at radius 3 is 2.90 bits per heavy atom. The number of halogens is 1. The molecule has 1 amide bonds. The zero-order valence-electron chi connectivity index (χ0n) is 11.0. The van der Waals surface area contributed by atoms with Crippen molar-refractivity contribution in [2.75, 3.05) is 29.2 Å². The number of amides is 1. The van der Waals surface area contributed by atoms with Gasteiger partial charge in [-0.05, 0) is 30.4 Å². The SMILES string of the molecule is Nc1cc(F)ccc1NC(=O)CCCSCC(O)CO. The molecule has 1 unspecified atom stereocenters. The normalized spacial score (nSPS) is 12.2. The summed E-state index contributed by atoms with van der Waals surface area (Å²) >= 11 is 1.48. The maximum absolute atomic E-state index is 12.8. The van der Waals surface area contributed by atoms with Crippen molar-refractivity contribution in [1.29, 1.82) is 0 Å². The van der Waals surface area contributed by atoms with E-state index < -0.39 is 11.9 Å². The molecule has 1 aromatic carbocycles. The predicted molar refractivity (Wildman–Crippen MR) is 79.1 cm³/mol. The Hall–Kier alpha value is -1.31. The quantitative estimate of drug-likeness (QED) is 0.428. The number of carbonyl (C=O) groups excluding carboxylic acids is 1. The van der Waals surface area contributed by atoms with Gasteiger partial charge in [0.1, 0.15) is 5.82 Å². The lowest BCUT2D eigenvalue weighted by Crippen LogP contribution is -2.15. The molecule has 7 heteroatoms. The van der Waals surface area contributed by atoms with E-state index in [0.717, 1.165) is 6.07 Å². The van der Waals surface area contributed by atoms with E-state index in [1.807, 2.05) is 0 Å². The molecule has 0 bridgehead atoms. The predicted octanol–water partition coefficient (Wildman–Crippen LogP) is 1.21. The number of nitrogens with one attached hydrogen (secondary N) is 1. The van der Waals surface area contributed by atoms with Crippen molar-refractivity contribution in [3.8, 4) is 0 Å². The molecule has 0 radical (unpaired) electrons. The molecule has 112 valence electrons. The van der Waals surface area contributed by atoms with Crippen LogP contribution in [0.4, 0.5) is 15.8 Å². The summed E-state index contributed by atoms with van der Waals surface area (Å²) in [6.07, 6.45) is 0.252. The lowest BCUT2D eigenvalue weighted by atomic mass is 10.2. The first-order chi connectivity index (χ1) is 9.52. The first-order valence-corrected chi connectivity index (χ1v) is 7.40. The average Bonchev–Trinajstić information content (AvgIpc) is 2.41. The van der Waals surface area contributed by atoms with Gasteiger partial charge in [0.15, 0.2) is 0 Å². The second kappa shape index (κ2) is 8.78. The molecule has 1 rings (SSSR count). The Balaban J connectivity index is 2.23. The number of hydrogen-bond acceptors (Lipinski definition) is 5. The van der Waals surface area contributed by atoms with E-state index in [-0.39, 0.29) is 18.2 Å². The van der Waals surface area contributed by atoms with Crippen LogP contribution in [-0.2, 0) is 4.79 Å². The van der Waals surface area contributed by atoms with Gasteiger partial charge >= 0.3 is 0 Å². The van der Waals surface area contributed by atoms with Gasteiger partial charge in [-0.15, -0.1) is 0 Å². The van der Waals surface area contributed by atoms with Crippen LogP contribution in [0.25, 0.3) is 0 Å². The molecule has 0 aromatic heterocycles. The van der Waals surface area contributed by atoms with E-state index in [0.29, 0.717) is 30.0 Å². The Kier molecular flexibility index (Phi) is 7.35. The Bertz CT molecular complexity index is 446.